The molecule has 1 aromatic carbocycles. The average molecular weight is 426 g/mol. The van der Waals surface area contributed by atoms with Crippen LogP contribution in [0.25, 0.3) is 0 Å². The SMILES string of the molecule is CCNC(=O)c1cccc(NC(=O)CN2CCc3sccc3C2c2cccs2)c1. The molecule has 2 amide bonds. The quantitative estimate of drug-likeness (QED) is 0.624. The second kappa shape index (κ2) is 8.90. The van der Waals surface area contributed by atoms with Crippen LogP contribution in [0, 0.1) is 0 Å². The summed E-state index contributed by atoms with van der Waals surface area (Å²) >= 11 is 3.53. The van der Waals surface area contributed by atoms with Gasteiger partial charge in [-0.15, -0.1) is 22.7 Å². The number of amides is 2. The molecule has 0 saturated carbocycles. The molecule has 1 unspecified atom stereocenters. The fourth-order valence-corrected chi connectivity index (χ4v) is 5.48. The number of nitrogens with one attached hydrogen (secondary N) is 2. The molecule has 0 aliphatic carbocycles. The highest BCUT2D eigenvalue weighted by Crippen LogP contribution is 2.39. The standard InChI is InChI=1S/C22H23N3O2S2/c1-2-23-22(27)15-5-3-6-16(13-15)24-20(26)14-25-10-8-18-17(9-12-29-18)21(25)19-7-4-11-28-19/h3-7,9,11-13,21H,2,8,10,14H2,1H3,(H,23,27)(H,24,26). The highest BCUT2D eigenvalue weighted by molar-refractivity contribution is 7.10. The van der Waals surface area contributed by atoms with Gasteiger partial charge in [-0.2, -0.15) is 0 Å². The molecule has 1 atom stereocenters. The Morgan fingerprint density at radius 1 is 1.14 bits per heavy atom. The Morgan fingerprint density at radius 2 is 2.03 bits per heavy atom. The van der Waals surface area contributed by atoms with Crippen molar-refractivity contribution in [3.8, 4) is 0 Å². The lowest BCUT2D eigenvalue weighted by molar-refractivity contribution is -0.117. The Morgan fingerprint density at radius 3 is 2.83 bits per heavy atom. The number of anilines is 1. The topological polar surface area (TPSA) is 61.4 Å². The van der Waals surface area contributed by atoms with Crippen molar-refractivity contribution >= 4 is 40.2 Å². The molecule has 3 heterocycles. The number of carbonyl (C=O) groups is 2. The highest BCUT2D eigenvalue weighted by atomic mass is 32.1. The zero-order chi connectivity index (χ0) is 20.2. The first-order chi connectivity index (χ1) is 14.2. The van der Waals surface area contributed by atoms with E-state index in [-0.39, 0.29) is 17.9 Å². The van der Waals surface area contributed by atoms with Gasteiger partial charge in [-0.3, -0.25) is 14.5 Å². The van der Waals surface area contributed by atoms with Gasteiger partial charge in [0.25, 0.3) is 5.91 Å². The summed E-state index contributed by atoms with van der Waals surface area (Å²) in [5.74, 6) is -0.208. The van der Waals surface area contributed by atoms with Crippen LogP contribution in [-0.2, 0) is 11.2 Å². The molecule has 2 aromatic heterocycles. The predicted molar refractivity (Wildman–Crippen MR) is 119 cm³/mol. The van der Waals surface area contributed by atoms with Crippen LogP contribution < -0.4 is 10.6 Å². The Bertz CT molecular complexity index is 997. The highest BCUT2D eigenvalue weighted by Gasteiger charge is 2.31. The molecule has 1 aliphatic heterocycles. The average Bonchev–Trinajstić information content (AvgIpc) is 3.40. The Balaban J connectivity index is 1.48. The van der Waals surface area contributed by atoms with E-state index in [0.29, 0.717) is 24.3 Å². The van der Waals surface area contributed by atoms with E-state index in [4.69, 9.17) is 0 Å². The molecule has 7 heteroatoms. The first kappa shape index (κ1) is 19.8. The van der Waals surface area contributed by atoms with Crippen LogP contribution in [0.2, 0.25) is 0 Å². The van der Waals surface area contributed by atoms with E-state index in [2.05, 4.69) is 44.5 Å². The zero-order valence-corrected chi connectivity index (χ0v) is 17.8. The molecule has 1 aliphatic rings. The molecule has 150 valence electrons. The number of rotatable bonds is 6. The zero-order valence-electron chi connectivity index (χ0n) is 16.2. The van der Waals surface area contributed by atoms with Crippen LogP contribution in [0.15, 0.2) is 53.2 Å². The molecule has 0 radical (unpaired) electrons. The third-order valence-corrected chi connectivity index (χ3v) is 6.89. The van der Waals surface area contributed by atoms with Gasteiger partial charge in [-0.05, 0) is 60.0 Å². The second-order valence-corrected chi connectivity index (χ2v) is 8.91. The molecule has 4 rings (SSSR count). The van der Waals surface area contributed by atoms with Gasteiger partial charge in [0.2, 0.25) is 5.91 Å². The van der Waals surface area contributed by atoms with E-state index in [1.165, 1.54) is 15.3 Å². The monoisotopic (exact) mass is 425 g/mol. The lowest BCUT2D eigenvalue weighted by Gasteiger charge is -2.34. The third kappa shape index (κ3) is 4.42. The minimum absolute atomic E-state index is 0.0710. The number of benzene rings is 1. The lowest BCUT2D eigenvalue weighted by Crippen LogP contribution is -2.40. The van der Waals surface area contributed by atoms with Crippen LogP contribution in [0.5, 0.6) is 0 Å². The van der Waals surface area contributed by atoms with E-state index in [1.54, 1.807) is 40.9 Å². The summed E-state index contributed by atoms with van der Waals surface area (Å²) in [5, 5.41) is 9.96. The normalized spacial score (nSPS) is 16.2. The summed E-state index contributed by atoms with van der Waals surface area (Å²) in [7, 11) is 0. The number of fused-ring (bicyclic) bond motifs is 1. The first-order valence-corrected chi connectivity index (χ1v) is 11.4. The Labute approximate surface area is 178 Å². The largest absolute Gasteiger partial charge is 0.352 e. The van der Waals surface area contributed by atoms with Crippen molar-refractivity contribution in [1.29, 1.82) is 0 Å². The number of carbonyl (C=O) groups excluding carboxylic acids is 2. The molecule has 5 nitrogen and oxygen atoms in total. The summed E-state index contributed by atoms with van der Waals surface area (Å²) in [6.07, 6.45) is 0.967. The van der Waals surface area contributed by atoms with Gasteiger partial charge in [0.05, 0.1) is 12.6 Å². The second-order valence-electron chi connectivity index (χ2n) is 6.93. The van der Waals surface area contributed by atoms with Crippen LogP contribution in [0.3, 0.4) is 0 Å². The fourth-order valence-electron chi connectivity index (χ4n) is 3.70. The first-order valence-electron chi connectivity index (χ1n) is 9.67. The molecule has 2 N–H and O–H groups in total. The molecule has 29 heavy (non-hydrogen) atoms. The number of hydrogen-bond acceptors (Lipinski definition) is 5. The number of thiophene rings is 2. The number of nitrogens with zero attached hydrogens (tertiary/aromatic N) is 1. The van der Waals surface area contributed by atoms with Crippen molar-refractivity contribution in [2.75, 3.05) is 25.0 Å². The van der Waals surface area contributed by atoms with Gasteiger partial charge >= 0.3 is 0 Å². The van der Waals surface area contributed by atoms with E-state index in [9.17, 15) is 9.59 Å². The lowest BCUT2D eigenvalue weighted by atomic mass is 9.98. The van der Waals surface area contributed by atoms with Crippen LogP contribution in [-0.4, -0.2) is 36.3 Å². The van der Waals surface area contributed by atoms with Crippen LogP contribution >= 0.6 is 22.7 Å². The Kier molecular flexibility index (Phi) is 6.08. The van der Waals surface area contributed by atoms with Crippen molar-refractivity contribution in [2.45, 2.75) is 19.4 Å². The maximum Gasteiger partial charge on any atom is 0.251 e. The summed E-state index contributed by atoms with van der Waals surface area (Å²) in [6.45, 7) is 3.61. The van der Waals surface area contributed by atoms with Gasteiger partial charge < -0.3 is 10.6 Å². The van der Waals surface area contributed by atoms with E-state index in [1.807, 2.05) is 13.0 Å². The smallest absolute Gasteiger partial charge is 0.251 e. The van der Waals surface area contributed by atoms with E-state index < -0.39 is 0 Å². The molecular weight excluding hydrogens is 402 g/mol. The molecule has 0 bridgehead atoms. The van der Waals surface area contributed by atoms with Gasteiger partial charge in [0, 0.05) is 34.1 Å². The maximum atomic E-state index is 12.8. The van der Waals surface area contributed by atoms with E-state index in [0.717, 1.165) is 13.0 Å². The van der Waals surface area contributed by atoms with Gasteiger partial charge in [-0.1, -0.05) is 12.1 Å². The van der Waals surface area contributed by atoms with Crippen molar-refractivity contribution in [3.05, 3.63) is 74.1 Å². The fraction of sp³-hybridized carbons (Fsp3) is 0.273. The molecular formula is C22H23N3O2S2. The van der Waals surface area contributed by atoms with E-state index >= 15 is 0 Å². The molecule has 0 spiro atoms. The summed E-state index contributed by atoms with van der Waals surface area (Å²) < 4.78 is 0. The van der Waals surface area contributed by atoms with Crippen molar-refractivity contribution in [3.63, 3.8) is 0 Å². The number of hydrogen-bond donors (Lipinski definition) is 2. The summed E-state index contributed by atoms with van der Waals surface area (Å²) in [5.41, 5.74) is 2.50. The van der Waals surface area contributed by atoms with Gasteiger partial charge in [-0.25, -0.2) is 0 Å². The minimum Gasteiger partial charge on any atom is -0.352 e. The molecule has 0 saturated heterocycles. The van der Waals surface area contributed by atoms with Crippen molar-refractivity contribution in [2.24, 2.45) is 0 Å². The maximum absolute atomic E-state index is 12.8. The van der Waals surface area contributed by atoms with Crippen LogP contribution in [0.1, 0.15) is 38.6 Å². The predicted octanol–water partition coefficient (Wildman–Crippen LogP) is 4.15. The third-order valence-electron chi connectivity index (χ3n) is 4.97. The van der Waals surface area contributed by atoms with Crippen molar-refractivity contribution < 1.29 is 9.59 Å². The van der Waals surface area contributed by atoms with Gasteiger partial charge in [0.15, 0.2) is 0 Å². The minimum atomic E-state index is -0.137. The van der Waals surface area contributed by atoms with Gasteiger partial charge in [0.1, 0.15) is 0 Å². The molecule has 3 aromatic rings. The molecule has 0 fully saturated rings. The summed E-state index contributed by atoms with van der Waals surface area (Å²) in [6, 6.07) is 13.6. The van der Waals surface area contributed by atoms with Crippen molar-refractivity contribution in [1.82, 2.24) is 10.2 Å². The van der Waals surface area contributed by atoms with Crippen LogP contribution in [0.4, 0.5) is 5.69 Å². The Hall–Kier alpha value is -2.48. The summed E-state index contributed by atoms with van der Waals surface area (Å²) in [4.78, 5) is 29.8.